The van der Waals surface area contributed by atoms with Gasteiger partial charge in [-0.25, -0.2) is 4.39 Å². The highest BCUT2D eigenvalue weighted by molar-refractivity contribution is 8.26. The average molecular weight is 355 g/mol. The molecule has 122 valence electrons. The van der Waals surface area contributed by atoms with E-state index in [9.17, 15) is 14.0 Å². The molecule has 0 bridgehead atoms. The van der Waals surface area contributed by atoms with Crippen molar-refractivity contribution in [1.29, 1.82) is 0 Å². The number of halogens is 1. The van der Waals surface area contributed by atoms with Crippen LogP contribution in [0.2, 0.25) is 0 Å². The predicted octanol–water partition coefficient (Wildman–Crippen LogP) is 2.90. The van der Waals surface area contributed by atoms with Gasteiger partial charge in [-0.05, 0) is 24.6 Å². The van der Waals surface area contributed by atoms with E-state index in [4.69, 9.17) is 22.1 Å². The first-order chi connectivity index (χ1) is 10.9. The highest BCUT2D eigenvalue weighted by atomic mass is 32.2. The summed E-state index contributed by atoms with van der Waals surface area (Å²) in [5.74, 6) is -1.37. The number of benzene rings is 1. The van der Waals surface area contributed by atoms with Crippen LogP contribution >= 0.6 is 24.0 Å². The Morgan fingerprint density at radius 3 is 2.87 bits per heavy atom. The zero-order valence-electron chi connectivity index (χ0n) is 12.2. The lowest BCUT2D eigenvalue weighted by atomic mass is 10.2. The minimum Gasteiger partial charge on any atom is -0.497 e. The van der Waals surface area contributed by atoms with Gasteiger partial charge in [0.05, 0.1) is 12.0 Å². The van der Waals surface area contributed by atoms with Gasteiger partial charge in [-0.15, -0.1) is 0 Å². The molecule has 0 aliphatic carbocycles. The summed E-state index contributed by atoms with van der Waals surface area (Å²) in [6, 6.07) is 4.35. The van der Waals surface area contributed by atoms with Crippen LogP contribution in [0.15, 0.2) is 23.1 Å². The maximum absolute atomic E-state index is 13.9. The van der Waals surface area contributed by atoms with Gasteiger partial charge in [0, 0.05) is 24.6 Å². The molecule has 1 aliphatic rings. The number of thiocarbonyl (C=S) groups is 1. The lowest BCUT2D eigenvalue weighted by Crippen LogP contribution is -2.29. The SMILES string of the molecule is COc1ccc(C=C2SC(=S)N(CCCC(=O)O)C2=O)c(F)c1. The van der Waals surface area contributed by atoms with Gasteiger partial charge in [0.2, 0.25) is 0 Å². The number of carbonyl (C=O) groups excluding carboxylic acids is 1. The summed E-state index contributed by atoms with van der Waals surface area (Å²) in [6.07, 6.45) is 1.71. The number of methoxy groups -OCH3 is 1. The molecule has 0 radical (unpaired) electrons. The summed E-state index contributed by atoms with van der Waals surface area (Å²) in [4.78, 5) is 24.5. The molecule has 0 aromatic heterocycles. The van der Waals surface area contributed by atoms with Crippen molar-refractivity contribution < 1.29 is 23.8 Å². The Bertz CT molecular complexity index is 690. The van der Waals surface area contributed by atoms with Gasteiger partial charge in [-0.3, -0.25) is 14.5 Å². The van der Waals surface area contributed by atoms with Crippen molar-refractivity contribution in [3.63, 3.8) is 0 Å². The average Bonchev–Trinajstić information content (AvgIpc) is 2.76. The quantitative estimate of drug-likeness (QED) is 0.625. The molecule has 2 rings (SSSR count). The van der Waals surface area contributed by atoms with E-state index in [0.717, 1.165) is 11.8 Å². The van der Waals surface area contributed by atoms with E-state index in [1.165, 1.54) is 30.2 Å². The Kier molecular flexibility index (Phi) is 5.73. The smallest absolute Gasteiger partial charge is 0.303 e. The van der Waals surface area contributed by atoms with Crippen LogP contribution in [0.25, 0.3) is 6.08 Å². The molecule has 1 N–H and O–H groups in total. The minimum atomic E-state index is -0.925. The normalized spacial score (nSPS) is 16.3. The number of hydrogen-bond donors (Lipinski definition) is 1. The number of carboxylic acids is 1. The standard InChI is InChI=1S/C15H14FNO4S2/c1-21-10-5-4-9(11(16)8-10)7-12-14(20)17(15(22)23-12)6-2-3-13(18)19/h4-5,7-8H,2-3,6H2,1H3,(H,18,19). The Morgan fingerprint density at radius 1 is 1.52 bits per heavy atom. The maximum atomic E-state index is 13.9. The molecule has 0 atom stereocenters. The number of hydrogen-bond acceptors (Lipinski definition) is 5. The first kappa shape index (κ1) is 17.4. The topological polar surface area (TPSA) is 66.8 Å². The summed E-state index contributed by atoms with van der Waals surface area (Å²) in [7, 11) is 1.44. The number of rotatable bonds is 6. The third-order valence-electron chi connectivity index (χ3n) is 3.14. The number of carbonyl (C=O) groups is 2. The second-order valence-electron chi connectivity index (χ2n) is 4.72. The van der Waals surface area contributed by atoms with Crippen molar-refractivity contribution in [1.82, 2.24) is 4.90 Å². The Labute approximate surface area is 142 Å². The second kappa shape index (κ2) is 7.56. The molecular weight excluding hydrogens is 341 g/mol. The van der Waals surface area contributed by atoms with Crippen LogP contribution in [-0.4, -0.2) is 39.9 Å². The van der Waals surface area contributed by atoms with Crippen molar-refractivity contribution >= 4 is 46.3 Å². The summed E-state index contributed by atoms with van der Waals surface area (Å²) >= 11 is 6.21. The third kappa shape index (κ3) is 4.29. The molecule has 1 aliphatic heterocycles. The fourth-order valence-corrected chi connectivity index (χ4v) is 3.27. The van der Waals surface area contributed by atoms with Crippen LogP contribution in [0.5, 0.6) is 5.75 Å². The van der Waals surface area contributed by atoms with Gasteiger partial charge >= 0.3 is 5.97 Å². The number of carboxylic acid groups (broad SMARTS) is 1. The van der Waals surface area contributed by atoms with Crippen molar-refractivity contribution in [2.24, 2.45) is 0 Å². The Hall–Kier alpha value is -1.93. The van der Waals surface area contributed by atoms with Crippen molar-refractivity contribution in [2.75, 3.05) is 13.7 Å². The van der Waals surface area contributed by atoms with E-state index >= 15 is 0 Å². The van der Waals surface area contributed by atoms with Gasteiger partial charge in [-0.2, -0.15) is 0 Å². The van der Waals surface area contributed by atoms with E-state index in [2.05, 4.69) is 0 Å². The fourth-order valence-electron chi connectivity index (χ4n) is 1.97. The van der Waals surface area contributed by atoms with E-state index in [1.54, 1.807) is 6.07 Å². The number of amides is 1. The largest absolute Gasteiger partial charge is 0.497 e. The molecular formula is C15H14FNO4S2. The fraction of sp³-hybridized carbons (Fsp3) is 0.267. The highest BCUT2D eigenvalue weighted by Crippen LogP contribution is 2.33. The minimum absolute atomic E-state index is 0.0385. The van der Waals surface area contributed by atoms with Crippen LogP contribution in [0, 0.1) is 5.82 Å². The number of nitrogens with zero attached hydrogens (tertiary/aromatic N) is 1. The zero-order chi connectivity index (χ0) is 17.0. The summed E-state index contributed by atoms with van der Waals surface area (Å²) in [5, 5.41) is 8.63. The Morgan fingerprint density at radius 2 is 2.26 bits per heavy atom. The van der Waals surface area contributed by atoms with Crippen molar-refractivity contribution in [3.05, 3.63) is 34.5 Å². The molecule has 0 saturated carbocycles. The predicted molar refractivity (Wildman–Crippen MR) is 89.7 cm³/mol. The lowest BCUT2D eigenvalue weighted by molar-refractivity contribution is -0.137. The maximum Gasteiger partial charge on any atom is 0.303 e. The first-order valence-corrected chi connectivity index (χ1v) is 7.95. The molecule has 8 heteroatoms. The van der Waals surface area contributed by atoms with Gasteiger partial charge < -0.3 is 9.84 Å². The van der Waals surface area contributed by atoms with Gasteiger partial charge in [0.25, 0.3) is 5.91 Å². The number of ether oxygens (including phenoxy) is 1. The van der Waals surface area contributed by atoms with Gasteiger partial charge in [0.1, 0.15) is 15.9 Å². The van der Waals surface area contributed by atoms with Crippen LogP contribution in [-0.2, 0) is 9.59 Å². The first-order valence-electron chi connectivity index (χ1n) is 6.73. The molecule has 0 spiro atoms. The van der Waals surface area contributed by atoms with Crippen LogP contribution in [0.3, 0.4) is 0 Å². The molecule has 0 unspecified atom stereocenters. The molecule has 1 aromatic rings. The summed E-state index contributed by atoms with van der Waals surface area (Å²) in [6.45, 7) is 0.236. The molecule has 1 amide bonds. The monoisotopic (exact) mass is 355 g/mol. The van der Waals surface area contributed by atoms with E-state index in [-0.39, 0.29) is 24.4 Å². The number of thioether (sulfide) groups is 1. The molecule has 1 heterocycles. The Balaban J connectivity index is 2.13. The lowest BCUT2D eigenvalue weighted by Gasteiger charge is -2.13. The third-order valence-corrected chi connectivity index (χ3v) is 4.52. The van der Waals surface area contributed by atoms with Crippen molar-refractivity contribution in [3.8, 4) is 5.75 Å². The van der Waals surface area contributed by atoms with Crippen LogP contribution < -0.4 is 4.74 Å². The second-order valence-corrected chi connectivity index (χ2v) is 6.39. The van der Waals surface area contributed by atoms with Gasteiger partial charge in [-0.1, -0.05) is 24.0 Å². The molecule has 5 nitrogen and oxygen atoms in total. The van der Waals surface area contributed by atoms with Crippen molar-refractivity contribution in [2.45, 2.75) is 12.8 Å². The van der Waals surface area contributed by atoms with Crippen LogP contribution in [0.1, 0.15) is 18.4 Å². The van der Waals surface area contributed by atoms with Crippen LogP contribution in [0.4, 0.5) is 4.39 Å². The summed E-state index contributed by atoms with van der Waals surface area (Å²) in [5.41, 5.74) is 0.261. The molecule has 1 saturated heterocycles. The highest BCUT2D eigenvalue weighted by Gasteiger charge is 2.31. The van der Waals surface area contributed by atoms with E-state index in [1.807, 2.05) is 0 Å². The van der Waals surface area contributed by atoms with E-state index in [0.29, 0.717) is 21.4 Å². The molecule has 1 aromatic carbocycles. The zero-order valence-corrected chi connectivity index (χ0v) is 13.9. The number of aliphatic carboxylic acids is 1. The molecule has 1 fully saturated rings. The summed E-state index contributed by atoms with van der Waals surface area (Å²) < 4.78 is 19.2. The van der Waals surface area contributed by atoms with E-state index < -0.39 is 11.8 Å². The van der Waals surface area contributed by atoms with Gasteiger partial charge in [0.15, 0.2) is 0 Å². The molecule has 23 heavy (non-hydrogen) atoms.